The molecule has 1 amide bonds. The normalized spacial score (nSPS) is 16.8. The highest BCUT2D eigenvalue weighted by molar-refractivity contribution is 5.88. The third-order valence-corrected chi connectivity index (χ3v) is 3.74. The van der Waals surface area contributed by atoms with Crippen molar-refractivity contribution in [3.05, 3.63) is 29.8 Å². The predicted octanol–water partition coefficient (Wildman–Crippen LogP) is 2.64. The first-order chi connectivity index (χ1) is 10.7. The molecule has 1 aliphatic rings. The van der Waals surface area contributed by atoms with Gasteiger partial charge in [0.05, 0.1) is 6.42 Å². The van der Waals surface area contributed by atoms with Gasteiger partial charge in [-0.05, 0) is 30.5 Å². The van der Waals surface area contributed by atoms with Crippen LogP contribution >= 0.6 is 0 Å². The molecule has 0 bridgehead atoms. The molecular formula is C15H16F3NO4. The maximum absolute atomic E-state index is 12.2. The Bertz CT molecular complexity index is 595. The molecule has 8 heteroatoms. The van der Waals surface area contributed by atoms with Crippen molar-refractivity contribution in [1.82, 2.24) is 5.32 Å². The number of halogens is 3. The third kappa shape index (κ3) is 4.61. The Hall–Kier alpha value is -2.25. The van der Waals surface area contributed by atoms with Crippen molar-refractivity contribution < 1.29 is 32.6 Å². The topological polar surface area (TPSA) is 75.6 Å². The number of carboxylic acids is 1. The molecule has 1 fully saturated rings. The summed E-state index contributed by atoms with van der Waals surface area (Å²) < 4.78 is 40.3. The fourth-order valence-corrected chi connectivity index (χ4v) is 2.72. The van der Waals surface area contributed by atoms with Crippen LogP contribution in [-0.2, 0) is 16.0 Å². The molecule has 2 N–H and O–H groups in total. The molecule has 0 aliphatic heterocycles. The molecule has 0 aromatic heterocycles. The van der Waals surface area contributed by atoms with Crippen molar-refractivity contribution in [3.8, 4) is 5.75 Å². The molecule has 1 aromatic carbocycles. The van der Waals surface area contributed by atoms with Gasteiger partial charge in [-0.2, -0.15) is 0 Å². The fraction of sp³-hybridized carbons (Fsp3) is 0.467. The molecule has 5 nitrogen and oxygen atoms in total. The minimum Gasteiger partial charge on any atom is -0.480 e. The van der Waals surface area contributed by atoms with Crippen molar-refractivity contribution in [3.63, 3.8) is 0 Å². The van der Waals surface area contributed by atoms with Crippen molar-refractivity contribution in [2.45, 2.75) is 44.0 Å². The van der Waals surface area contributed by atoms with Gasteiger partial charge in [-0.25, -0.2) is 4.79 Å². The van der Waals surface area contributed by atoms with Crippen LogP contribution in [0.5, 0.6) is 5.75 Å². The number of benzene rings is 1. The maximum Gasteiger partial charge on any atom is 0.573 e. The largest absolute Gasteiger partial charge is 0.573 e. The van der Waals surface area contributed by atoms with E-state index in [1.54, 1.807) is 0 Å². The first-order valence-electron chi connectivity index (χ1n) is 7.09. The molecule has 0 spiro atoms. The SMILES string of the molecule is O=C(Cc1cccc(OC(F)(F)F)c1)NC1(C(=O)O)CCCC1. The van der Waals surface area contributed by atoms with Crippen LogP contribution in [0.2, 0.25) is 0 Å². The molecule has 23 heavy (non-hydrogen) atoms. The molecule has 1 aromatic rings. The molecule has 1 saturated carbocycles. The Morgan fingerprint density at radius 3 is 2.48 bits per heavy atom. The van der Waals surface area contributed by atoms with Gasteiger partial charge in [-0.1, -0.05) is 25.0 Å². The van der Waals surface area contributed by atoms with Gasteiger partial charge in [0.25, 0.3) is 0 Å². The summed E-state index contributed by atoms with van der Waals surface area (Å²) >= 11 is 0. The van der Waals surface area contributed by atoms with Crippen molar-refractivity contribution in [1.29, 1.82) is 0 Å². The van der Waals surface area contributed by atoms with Crippen molar-refractivity contribution in [2.24, 2.45) is 0 Å². The summed E-state index contributed by atoms with van der Waals surface area (Å²) in [5.74, 6) is -2.05. The predicted molar refractivity (Wildman–Crippen MR) is 73.8 cm³/mol. The Morgan fingerprint density at radius 2 is 1.91 bits per heavy atom. The molecule has 0 heterocycles. The average Bonchev–Trinajstić information content (AvgIpc) is 2.86. The number of alkyl halides is 3. The number of rotatable bonds is 5. The summed E-state index contributed by atoms with van der Waals surface area (Å²) in [6.07, 6.45) is -2.90. The summed E-state index contributed by atoms with van der Waals surface area (Å²) in [6, 6.07) is 5.05. The fourth-order valence-electron chi connectivity index (χ4n) is 2.72. The van der Waals surface area contributed by atoms with E-state index in [0.29, 0.717) is 31.2 Å². The molecule has 0 unspecified atom stereocenters. The van der Waals surface area contributed by atoms with E-state index >= 15 is 0 Å². The molecular weight excluding hydrogens is 315 g/mol. The summed E-state index contributed by atoms with van der Waals surface area (Å²) in [6.45, 7) is 0. The lowest BCUT2D eigenvalue weighted by atomic mass is 9.97. The van der Waals surface area contributed by atoms with Gasteiger partial charge in [0, 0.05) is 0 Å². The summed E-state index contributed by atoms with van der Waals surface area (Å²) in [7, 11) is 0. The van der Waals surface area contributed by atoms with Gasteiger partial charge in [0.15, 0.2) is 0 Å². The Kier molecular flexibility index (Phi) is 4.82. The van der Waals surface area contributed by atoms with Crippen LogP contribution in [0.25, 0.3) is 0 Å². The van der Waals surface area contributed by atoms with Crippen molar-refractivity contribution >= 4 is 11.9 Å². The van der Waals surface area contributed by atoms with Crippen LogP contribution in [0.4, 0.5) is 13.2 Å². The summed E-state index contributed by atoms with van der Waals surface area (Å²) in [5.41, 5.74) is -0.959. The number of aliphatic carboxylic acids is 1. The Morgan fingerprint density at radius 1 is 1.26 bits per heavy atom. The van der Waals surface area contributed by atoms with E-state index < -0.39 is 29.5 Å². The van der Waals surface area contributed by atoms with Crippen LogP contribution in [0, 0.1) is 0 Å². The molecule has 126 valence electrons. The number of hydrogen-bond acceptors (Lipinski definition) is 3. The third-order valence-electron chi connectivity index (χ3n) is 3.74. The quantitative estimate of drug-likeness (QED) is 0.870. The van der Waals surface area contributed by atoms with Crippen LogP contribution in [0.3, 0.4) is 0 Å². The van der Waals surface area contributed by atoms with Crippen molar-refractivity contribution in [2.75, 3.05) is 0 Å². The summed E-state index contributed by atoms with van der Waals surface area (Å²) in [4.78, 5) is 23.4. The second-order valence-electron chi connectivity index (χ2n) is 5.51. The number of carbonyl (C=O) groups is 2. The van der Waals surface area contributed by atoms with E-state index in [-0.39, 0.29) is 6.42 Å². The van der Waals surface area contributed by atoms with E-state index in [1.807, 2.05) is 0 Å². The molecule has 0 atom stereocenters. The number of nitrogens with one attached hydrogen (secondary N) is 1. The van der Waals surface area contributed by atoms with Crippen LogP contribution in [0.15, 0.2) is 24.3 Å². The highest BCUT2D eigenvalue weighted by Crippen LogP contribution is 2.30. The lowest BCUT2D eigenvalue weighted by molar-refractivity contribution is -0.274. The Labute approximate surface area is 130 Å². The van der Waals surface area contributed by atoms with E-state index in [2.05, 4.69) is 10.1 Å². The van der Waals surface area contributed by atoms with E-state index in [1.165, 1.54) is 12.1 Å². The molecule has 0 saturated heterocycles. The zero-order chi connectivity index (χ0) is 17.1. The molecule has 1 aliphatic carbocycles. The second kappa shape index (κ2) is 6.47. The lowest BCUT2D eigenvalue weighted by Gasteiger charge is -2.25. The maximum atomic E-state index is 12.2. The van der Waals surface area contributed by atoms with Gasteiger partial charge in [0.1, 0.15) is 11.3 Å². The summed E-state index contributed by atoms with van der Waals surface area (Å²) in [5, 5.41) is 11.8. The lowest BCUT2D eigenvalue weighted by Crippen LogP contribution is -2.52. The van der Waals surface area contributed by atoms with Gasteiger partial charge < -0.3 is 15.2 Å². The number of hydrogen-bond donors (Lipinski definition) is 2. The highest BCUT2D eigenvalue weighted by Gasteiger charge is 2.42. The molecule has 2 rings (SSSR count). The smallest absolute Gasteiger partial charge is 0.480 e. The monoisotopic (exact) mass is 331 g/mol. The van der Waals surface area contributed by atoms with Gasteiger partial charge in [0.2, 0.25) is 5.91 Å². The van der Waals surface area contributed by atoms with E-state index in [9.17, 15) is 27.9 Å². The number of ether oxygens (including phenoxy) is 1. The minimum absolute atomic E-state index is 0.218. The number of carboxylic acid groups (broad SMARTS) is 1. The van der Waals surface area contributed by atoms with E-state index in [4.69, 9.17) is 0 Å². The average molecular weight is 331 g/mol. The Balaban J connectivity index is 2.03. The van der Waals surface area contributed by atoms with Gasteiger partial charge >= 0.3 is 12.3 Å². The number of carbonyl (C=O) groups excluding carboxylic acids is 1. The first-order valence-corrected chi connectivity index (χ1v) is 7.09. The van der Waals surface area contributed by atoms with Gasteiger partial charge in [-0.3, -0.25) is 4.79 Å². The first kappa shape index (κ1) is 17.1. The minimum atomic E-state index is -4.81. The standard InChI is InChI=1S/C15H16F3NO4/c16-15(17,18)23-11-5-3-4-10(8-11)9-12(20)19-14(13(21)22)6-1-2-7-14/h3-5,8H,1-2,6-7,9H2,(H,19,20)(H,21,22). The highest BCUT2D eigenvalue weighted by atomic mass is 19.4. The number of amides is 1. The zero-order valence-corrected chi connectivity index (χ0v) is 12.2. The van der Waals surface area contributed by atoms with Crippen LogP contribution in [0.1, 0.15) is 31.2 Å². The van der Waals surface area contributed by atoms with E-state index in [0.717, 1.165) is 12.1 Å². The van der Waals surface area contributed by atoms with Gasteiger partial charge in [-0.15, -0.1) is 13.2 Å². The second-order valence-corrected chi connectivity index (χ2v) is 5.51. The van der Waals surface area contributed by atoms with Crippen LogP contribution < -0.4 is 10.1 Å². The molecule has 0 radical (unpaired) electrons. The zero-order valence-electron chi connectivity index (χ0n) is 12.2. The van der Waals surface area contributed by atoms with Crippen LogP contribution in [-0.4, -0.2) is 28.9 Å².